The van der Waals surface area contributed by atoms with Gasteiger partial charge in [-0.05, 0) is 12.1 Å². The molecule has 2 aromatic rings. The minimum atomic E-state index is -0.544. The molecule has 1 atom stereocenters. The van der Waals surface area contributed by atoms with E-state index in [9.17, 15) is 4.79 Å². The molecule has 92 valence electrons. The average molecular weight is 260 g/mol. The van der Waals surface area contributed by atoms with Crippen LogP contribution < -0.4 is 11.1 Å². The molecule has 1 amide bonds. The van der Waals surface area contributed by atoms with Gasteiger partial charge in [-0.25, -0.2) is 0 Å². The molecule has 1 aromatic heterocycles. The number of nitrogens with zero attached hydrogens (tertiary/aromatic N) is 2. The van der Waals surface area contributed by atoms with Crippen LogP contribution in [0.15, 0.2) is 40.4 Å². The number of benzene rings is 1. The molecule has 3 rings (SSSR count). The van der Waals surface area contributed by atoms with Gasteiger partial charge in [0.1, 0.15) is 6.04 Å². The van der Waals surface area contributed by atoms with Crippen molar-refractivity contribution in [1.29, 1.82) is 0 Å². The van der Waals surface area contributed by atoms with Gasteiger partial charge in [0.25, 0.3) is 0 Å². The summed E-state index contributed by atoms with van der Waals surface area (Å²) < 4.78 is 1.76. The molecule has 18 heavy (non-hydrogen) atoms. The molecule has 5 nitrogen and oxygen atoms in total. The van der Waals surface area contributed by atoms with Crippen LogP contribution in [0.5, 0.6) is 0 Å². The van der Waals surface area contributed by atoms with Crippen LogP contribution in [0.4, 0.5) is 5.69 Å². The van der Waals surface area contributed by atoms with E-state index >= 15 is 0 Å². The topological polar surface area (TPSA) is 72.9 Å². The van der Waals surface area contributed by atoms with Crippen LogP contribution in [0, 0.1) is 0 Å². The van der Waals surface area contributed by atoms with E-state index in [1.54, 1.807) is 16.4 Å². The minimum Gasteiger partial charge on any atom is -0.324 e. The number of nitrogens with one attached hydrogen (secondary N) is 1. The lowest BCUT2D eigenvalue weighted by molar-refractivity contribution is -0.116. The van der Waals surface area contributed by atoms with E-state index in [0.29, 0.717) is 0 Å². The number of hydrogen-bond acceptors (Lipinski definition) is 4. The standard InChI is InChI=1S/C12H12N4OS/c1-16-6-8(5-14-16)18-7-2-3-9-10(4-7)15-12(17)11(9)13/h2-6,11H,13H2,1H3,(H,15,17). The third kappa shape index (κ3) is 1.89. The maximum atomic E-state index is 11.4. The smallest absolute Gasteiger partial charge is 0.245 e. The Morgan fingerprint density at radius 1 is 1.44 bits per heavy atom. The Morgan fingerprint density at radius 3 is 3.00 bits per heavy atom. The van der Waals surface area contributed by atoms with Crippen molar-refractivity contribution < 1.29 is 4.79 Å². The molecule has 1 aliphatic rings. The van der Waals surface area contributed by atoms with Crippen molar-refractivity contribution in [3.8, 4) is 0 Å². The molecule has 0 bridgehead atoms. The number of fused-ring (bicyclic) bond motifs is 1. The third-order valence-corrected chi connectivity index (χ3v) is 3.75. The number of hydrogen-bond donors (Lipinski definition) is 2. The van der Waals surface area contributed by atoms with Crippen molar-refractivity contribution in [2.45, 2.75) is 15.8 Å². The lowest BCUT2D eigenvalue weighted by Gasteiger charge is -2.03. The number of anilines is 1. The average Bonchev–Trinajstić information content (AvgIpc) is 2.85. The predicted octanol–water partition coefficient (Wildman–Crippen LogP) is 1.52. The van der Waals surface area contributed by atoms with E-state index in [1.165, 1.54) is 0 Å². The van der Waals surface area contributed by atoms with Crippen molar-refractivity contribution in [3.05, 3.63) is 36.2 Å². The number of aromatic nitrogens is 2. The molecule has 0 saturated carbocycles. The van der Waals surface area contributed by atoms with E-state index in [4.69, 9.17) is 5.73 Å². The molecule has 0 radical (unpaired) electrons. The largest absolute Gasteiger partial charge is 0.324 e. The second-order valence-corrected chi connectivity index (χ2v) is 5.31. The lowest BCUT2D eigenvalue weighted by Crippen LogP contribution is -2.19. The van der Waals surface area contributed by atoms with E-state index in [2.05, 4.69) is 10.4 Å². The van der Waals surface area contributed by atoms with Gasteiger partial charge >= 0.3 is 0 Å². The van der Waals surface area contributed by atoms with Crippen molar-refractivity contribution in [3.63, 3.8) is 0 Å². The summed E-state index contributed by atoms with van der Waals surface area (Å²) >= 11 is 1.60. The molecule has 0 saturated heterocycles. The Labute approximate surface area is 108 Å². The molecular weight excluding hydrogens is 248 g/mol. The normalized spacial score (nSPS) is 17.7. The van der Waals surface area contributed by atoms with Gasteiger partial charge in [0.2, 0.25) is 5.91 Å². The van der Waals surface area contributed by atoms with Gasteiger partial charge < -0.3 is 11.1 Å². The minimum absolute atomic E-state index is 0.145. The summed E-state index contributed by atoms with van der Waals surface area (Å²) in [6.45, 7) is 0. The summed E-state index contributed by atoms with van der Waals surface area (Å²) in [5, 5.41) is 6.90. The Balaban J connectivity index is 1.88. The molecule has 0 aliphatic carbocycles. The number of nitrogens with two attached hydrogens (primary N) is 1. The number of rotatable bonds is 2. The van der Waals surface area contributed by atoms with Gasteiger partial charge in [-0.1, -0.05) is 17.8 Å². The van der Waals surface area contributed by atoms with Crippen LogP contribution in [0.2, 0.25) is 0 Å². The molecule has 1 unspecified atom stereocenters. The van der Waals surface area contributed by atoms with Crippen molar-refractivity contribution >= 4 is 23.4 Å². The summed E-state index contributed by atoms with van der Waals surface area (Å²) in [6, 6.07) is 5.27. The van der Waals surface area contributed by atoms with Crippen LogP contribution in [-0.4, -0.2) is 15.7 Å². The monoisotopic (exact) mass is 260 g/mol. The SMILES string of the molecule is Cn1cc(Sc2ccc3c(c2)NC(=O)C3N)cn1. The van der Waals surface area contributed by atoms with E-state index in [-0.39, 0.29) is 5.91 Å². The van der Waals surface area contributed by atoms with Crippen LogP contribution in [0.25, 0.3) is 0 Å². The second-order valence-electron chi connectivity index (χ2n) is 4.17. The first kappa shape index (κ1) is 11.3. The second kappa shape index (κ2) is 4.15. The fourth-order valence-electron chi connectivity index (χ4n) is 1.92. The maximum absolute atomic E-state index is 11.4. The van der Waals surface area contributed by atoms with Gasteiger partial charge in [0.05, 0.1) is 11.1 Å². The quantitative estimate of drug-likeness (QED) is 0.858. The van der Waals surface area contributed by atoms with Gasteiger partial charge in [0, 0.05) is 29.4 Å². The van der Waals surface area contributed by atoms with E-state index in [1.807, 2.05) is 37.6 Å². The van der Waals surface area contributed by atoms with Crippen molar-refractivity contribution in [2.75, 3.05) is 5.32 Å². The molecule has 6 heteroatoms. The fourth-order valence-corrected chi connectivity index (χ4v) is 2.81. The van der Waals surface area contributed by atoms with Crippen LogP contribution in [0.1, 0.15) is 11.6 Å². The lowest BCUT2D eigenvalue weighted by atomic mass is 10.1. The Hall–Kier alpha value is -1.79. The number of aryl methyl sites for hydroxylation is 1. The van der Waals surface area contributed by atoms with Gasteiger partial charge in [0.15, 0.2) is 0 Å². The summed E-state index contributed by atoms with van der Waals surface area (Å²) in [5.74, 6) is -0.145. The maximum Gasteiger partial charge on any atom is 0.245 e. The highest BCUT2D eigenvalue weighted by atomic mass is 32.2. The van der Waals surface area contributed by atoms with Crippen LogP contribution in [-0.2, 0) is 11.8 Å². The Kier molecular flexibility index (Phi) is 2.61. The Bertz CT molecular complexity index is 622. The van der Waals surface area contributed by atoms with Gasteiger partial charge in [-0.3, -0.25) is 9.48 Å². The zero-order chi connectivity index (χ0) is 12.7. The summed E-state index contributed by atoms with van der Waals surface area (Å²) in [7, 11) is 1.88. The first-order valence-electron chi connectivity index (χ1n) is 5.50. The van der Waals surface area contributed by atoms with Crippen molar-refractivity contribution in [1.82, 2.24) is 9.78 Å². The number of carbonyl (C=O) groups excluding carboxylic acids is 1. The fraction of sp³-hybridized carbons (Fsp3) is 0.167. The number of amides is 1. The summed E-state index contributed by atoms with van der Waals surface area (Å²) in [4.78, 5) is 13.6. The molecule has 0 fully saturated rings. The van der Waals surface area contributed by atoms with E-state index < -0.39 is 6.04 Å². The highest BCUT2D eigenvalue weighted by molar-refractivity contribution is 7.99. The number of carbonyl (C=O) groups is 1. The van der Waals surface area contributed by atoms with Crippen LogP contribution in [0.3, 0.4) is 0 Å². The molecule has 3 N–H and O–H groups in total. The third-order valence-electron chi connectivity index (χ3n) is 2.82. The summed E-state index contributed by atoms with van der Waals surface area (Å²) in [6.07, 6.45) is 3.75. The molecular formula is C12H12N4OS. The van der Waals surface area contributed by atoms with Crippen LogP contribution >= 0.6 is 11.8 Å². The molecule has 1 aliphatic heterocycles. The van der Waals surface area contributed by atoms with Crippen molar-refractivity contribution in [2.24, 2.45) is 12.8 Å². The highest BCUT2D eigenvalue weighted by Crippen LogP contribution is 2.35. The highest BCUT2D eigenvalue weighted by Gasteiger charge is 2.26. The van der Waals surface area contributed by atoms with E-state index in [0.717, 1.165) is 21.0 Å². The molecule has 2 heterocycles. The first-order chi connectivity index (χ1) is 8.63. The Morgan fingerprint density at radius 2 is 2.28 bits per heavy atom. The van der Waals surface area contributed by atoms with Gasteiger partial charge in [-0.2, -0.15) is 5.10 Å². The van der Waals surface area contributed by atoms with Gasteiger partial charge in [-0.15, -0.1) is 0 Å². The first-order valence-corrected chi connectivity index (χ1v) is 6.32. The molecule has 0 spiro atoms. The zero-order valence-corrected chi connectivity index (χ0v) is 10.6. The summed E-state index contributed by atoms with van der Waals surface area (Å²) in [5.41, 5.74) is 7.43. The predicted molar refractivity (Wildman–Crippen MR) is 69.3 cm³/mol. The molecule has 1 aromatic carbocycles. The zero-order valence-electron chi connectivity index (χ0n) is 9.75.